The maximum absolute atomic E-state index is 14.8. The smallest absolute Gasteiger partial charge is 0.475 e. The first-order valence-electron chi connectivity index (χ1n) is 25.3. The van der Waals surface area contributed by atoms with Crippen LogP contribution in [0, 0.1) is 34.0 Å². The van der Waals surface area contributed by atoms with Gasteiger partial charge in [0.25, 0.3) is 0 Å². The third-order valence-electron chi connectivity index (χ3n) is 14.6. The molecule has 0 unspecified atom stereocenters. The van der Waals surface area contributed by atoms with Crippen LogP contribution in [0.2, 0.25) is 0 Å². The summed E-state index contributed by atoms with van der Waals surface area (Å²) in [6, 6.07) is 20.1. The van der Waals surface area contributed by atoms with Crippen molar-refractivity contribution in [3.05, 3.63) is 88.0 Å². The number of nitrogens with zero attached hydrogens (tertiary/aromatic N) is 6. The molecule has 3 fully saturated rings. The minimum Gasteiger partial charge on any atom is -0.485 e. The number of carbonyl (C=O) groups excluding carboxylic acids is 3. The van der Waals surface area contributed by atoms with Gasteiger partial charge in [-0.25, -0.2) is 4.57 Å². The van der Waals surface area contributed by atoms with E-state index in [1.54, 1.807) is 69.3 Å². The van der Waals surface area contributed by atoms with Crippen molar-refractivity contribution in [3.8, 4) is 35.5 Å². The summed E-state index contributed by atoms with van der Waals surface area (Å²) < 4.78 is 71.8. The fraction of sp³-hybridized carbons (Fsp3) is 0.556. The fourth-order valence-electron chi connectivity index (χ4n) is 11.3. The van der Waals surface area contributed by atoms with Crippen LogP contribution < -0.4 is 14.2 Å². The summed E-state index contributed by atoms with van der Waals surface area (Å²) in [5.74, 6) is 1.49. The number of ether oxygens (including phenoxy) is 6. The number of rotatable bonds is 18. The molecule has 3 aromatic carbocycles. The molecule has 6 heterocycles. The van der Waals surface area contributed by atoms with Crippen molar-refractivity contribution < 1.29 is 60.9 Å². The zero-order valence-corrected chi connectivity index (χ0v) is 43.6. The minimum absolute atomic E-state index is 0.0445. The van der Waals surface area contributed by atoms with E-state index < -0.39 is 61.1 Å². The Bertz CT molecular complexity index is 2540. The predicted molar refractivity (Wildman–Crippen MR) is 263 cm³/mol. The second kappa shape index (κ2) is 21.3. The van der Waals surface area contributed by atoms with E-state index in [1.807, 2.05) is 41.5 Å². The SMILES string of the molecule is CC1(C)Oc2ccc(C#N)cc2[C@@H](N2CCCC2=O)[C@@H]1OCCOP(=O)(OCCO[C@H]1[C@H](N2CCCC2=O)c2cc(C#N)ccc2OC1(C)C)OCCO[C@H]1[C@H](N2CCCC2=O)c2cc(C#N)ccc2OC1(C)C. The summed E-state index contributed by atoms with van der Waals surface area (Å²) in [7, 11) is -4.49. The second-order valence-electron chi connectivity index (χ2n) is 20.9. The lowest BCUT2D eigenvalue weighted by Crippen LogP contribution is -2.55. The quantitative estimate of drug-likeness (QED) is 0.0885. The molecule has 0 aliphatic carbocycles. The summed E-state index contributed by atoms with van der Waals surface area (Å²) in [5.41, 5.74) is 0.278. The number of fused-ring (bicyclic) bond motifs is 3. The molecule has 392 valence electrons. The van der Waals surface area contributed by atoms with Gasteiger partial charge in [0, 0.05) is 55.6 Å². The average molecular weight is 1040 g/mol. The Kier molecular flexibility index (Phi) is 15.2. The van der Waals surface area contributed by atoms with Crippen LogP contribution in [0.4, 0.5) is 0 Å². The normalized spacial score (nSPS) is 25.4. The molecule has 74 heavy (non-hydrogen) atoms. The zero-order valence-electron chi connectivity index (χ0n) is 42.7. The van der Waals surface area contributed by atoms with Gasteiger partial charge in [-0.2, -0.15) is 15.8 Å². The van der Waals surface area contributed by atoms with Gasteiger partial charge in [-0.3, -0.25) is 28.0 Å². The highest BCUT2D eigenvalue weighted by Crippen LogP contribution is 2.52. The van der Waals surface area contributed by atoms with Crippen LogP contribution >= 0.6 is 7.82 Å². The number of nitriles is 3. The number of phosphoric ester groups is 1. The zero-order chi connectivity index (χ0) is 52.6. The van der Waals surface area contributed by atoms with Gasteiger partial charge in [0.2, 0.25) is 17.7 Å². The summed E-state index contributed by atoms with van der Waals surface area (Å²) >= 11 is 0. The lowest BCUT2D eigenvalue weighted by Gasteiger charge is -2.47. The van der Waals surface area contributed by atoms with Crippen molar-refractivity contribution in [2.75, 3.05) is 59.3 Å². The van der Waals surface area contributed by atoms with E-state index in [2.05, 4.69) is 18.2 Å². The van der Waals surface area contributed by atoms with Crippen molar-refractivity contribution in [2.45, 2.75) is 133 Å². The molecule has 3 aromatic rings. The Morgan fingerprint density at radius 3 is 1.03 bits per heavy atom. The van der Waals surface area contributed by atoms with Crippen molar-refractivity contribution >= 4 is 25.5 Å². The van der Waals surface area contributed by atoms with E-state index in [0.717, 1.165) is 0 Å². The van der Waals surface area contributed by atoms with E-state index in [4.69, 9.17) is 42.0 Å². The molecule has 9 rings (SSSR count). The van der Waals surface area contributed by atoms with E-state index in [1.165, 1.54) is 0 Å². The topological polar surface area (TPSA) is 232 Å². The Morgan fingerprint density at radius 2 is 0.784 bits per heavy atom. The van der Waals surface area contributed by atoms with Crippen LogP contribution in [0.3, 0.4) is 0 Å². The first-order chi connectivity index (χ1) is 35.4. The molecule has 3 amide bonds. The van der Waals surface area contributed by atoms with Gasteiger partial charge in [0.15, 0.2) is 0 Å². The first-order valence-corrected chi connectivity index (χ1v) is 26.8. The number of phosphoric acid groups is 1. The lowest BCUT2D eigenvalue weighted by atomic mass is 9.84. The molecule has 0 radical (unpaired) electrons. The van der Waals surface area contributed by atoms with Crippen molar-refractivity contribution in [3.63, 3.8) is 0 Å². The summed E-state index contributed by atoms with van der Waals surface area (Å²) in [4.78, 5) is 45.2. The molecule has 6 aliphatic rings. The summed E-state index contributed by atoms with van der Waals surface area (Å²) in [6.45, 7) is 11.3. The molecule has 6 aliphatic heterocycles. The van der Waals surface area contributed by atoms with Crippen LogP contribution in [0.25, 0.3) is 0 Å². The van der Waals surface area contributed by atoms with Gasteiger partial charge in [0.05, 0.1) is 92.7 Å². The summed E-state index contributed by atoms with van der Waals surface area (Å²) in [5, 5.41) is 29.4. The molecule has 0 bridgehead atoms. The molecule has 0 aromatic heterocycles. The van der Waals surface area contributed by atoms with Crippen LogP contribution in [0.1, 0.15) is 132 Å². The average Bonchev–Trinajstić information content (AvgIpc) is 4.12. The van der Waals surface area contributed by atoms with E-state index in [0.29, 0.717) is 109 Å². The lowest BCUT2D eigenvalue weighted by molar-refractivity contribution is -0.150. The van der Waals surface area contributed by atoms with Crippen LogP contribution in [0.5, 0.6) is 17.2 Å². The Labute approximate surface area is 431 Å². The van der Waals surface area contributed by atoms with Crippen LogP contribution in [-0.4, -0.2) is 127 Å². The molecule has 20 heteroatoms. The van der Waals surface area contributed by atoms with Crippen molar-refractivity contribution in [1.29, 1.82) is 15.8 Å². The van der Waals surface area contributed by atoms with E-state index in [9.17, 15) is 34.7 Å². The number of carbonyl (C=O) groups is 3. The van der Waals surface area contributed by atoms with Crippen molar-refractivity contribution in [1.82, 2.24) is 14.7 Å². The standard InChI is InChI=1S/C54H63N6O13P/c1-52(2)49(46(58-19-7-10-43(58)61)37-28-34(31-55)13-16-40(37)71-52)65-22-25-68-74(64,69-26-23-66-50-47(59-20-8-11-44(59)62)38-29-35(32-56)14-17-41(38)72-53(50,3)4)70-27-24-67-51-48(60-21-9-12-45(60)63)39-30-36(33-57)15-18-42(39)73-54(51,5)6/h13-18,28-30,46-51H,7-12,19-27H2,1-6H3/t46-,47-,48-,49+,50+,51+/m1/s1. The van der Waals surface area contributed by atoms with Gasteiger partial charge in [0.1, 0.15) is 52.4 Å². The van der Waals surface area contributed by atoms with Crippen molar-refractivity contribution in [2.24, 2.45) is 0 Å². The Morgan fingerprint density at radius 1 is 0.500 bits per heavy atom. The first kappa shape index (κ1) is 52.8. The highest BCUT2D eigenvalue weighted by molar-refractivity contribution is 7.48. The van der Waals surface area contributed by atoms with Gasteiger partial charge in [-0.15, -0.1) is 0 Å². The van der Waals surface area contributed by atoms with Gasteiger partial charge < -0.3 is 43.1 Å². The highest BCUT2D eigenvalue weighted by Gasteiger charge is 2.52. The third kappa shape index (κ3) is 10.6. The monoisotopic (exact) mass is 1030 g/mol. The molecule has 0 saturated carbocycles. The van der Waals surface area contributed by atoms with Gasteiger partial charge in [-0.1, -0.05) is 0 Å². The fourth-order valence-corrected chi connectivity index (χ4v) is 12.4. The summed E-state index contributed by atoms with van der Waals surface area (Å²) in [6.07, 6.45) is 0.907. The third-order valence-corrected chi connectivity index (χ3v) is 16.1. The van der Waals surface area contributed by atoms with Crippen LogP contribution in [0.15, 0.2) is 54.6 Å². The molecular weight excluding hydrogens is 972 g/mol. The number of amides is 3. The Balaban J connectivity index is 0.927. The second-order valence-corrected chi connectivity index (χ2v) is 22.6. The number of hydrogen-bond donors (Lipinski definition) is 0. The molecule has 19 nitrogen and oxygen atoms in total. The minimum atomic E-state index is -4.49. The molecular formula is C54H63N6O13P. The molecule has 3 saturated heterocycles. The molecule has 0 spiro atoms. The number of likely N-dealkylation sites (tertiary alicyclic amines) is 3. The maximum atomic E-state index is 14.8. The van der Waals surface area contributed by atoms with E-state index in [-0.39, 0.29) is 57.4 Å². The number of hydrogen-bond acceptors (Lipinski definition) is 16. The largest absolute Gasteiger partial charge is 0.485 e. The number of benzene rings is 3. The Hall–Kier alpha value is -6.07. The maximum Gasteiger partial charge on any atom is 0.475 e. The van der Waals surface area contributed by atoms with Gasteiger partial charge in [-0.05, 0) is 115 Å². The predicted octanol–water partition coefficient (Wildman–Crippen LogP) is 7.52. The highest BCUT2D eigenvalue weighted by atomic mass is 31.2. The van der Waals surface area contributed by atoms with Gasteiger partial charge >= 0.3 is 7.82 Å². The van der Waals surface area contributed by atoms with Crippen LogP contribution in [-0.2, 0) is 46.7 Å². The molecule has 6 atom stereocenters. The van der Waals surface area contributed by atoms with E-state index >= 15 is 0 Å². The molecule has 0 N–H and O–H groups in total.